The van der Waals surface area contributed by atoms with Crippen LogP contribution in [0.25, 0.3) is 0 Å². The molecule has 0 spiro atoms. The Hall–Kier alpha value is -1.38. The van der Waals surface area contributed by atoms with Crippen LogP contribution in [0.4, 0.5) is 0 Å². The molecule has 250 valence electrons. The Kier molecular flexibility index (Phi) is 65.7. The predicted octanol–water partition coefficient (Wildman–Crippen LogP) is 3.64. The molecule has 41 heavy (non-hydrogen) atoms. The molecule has 0 aromatic heterocycles. The molecule has 11 nitrogen and oxygen atoms in total. The SMILES string of the molecule is C1COCO1.CC(O)CO.CCCCOCCO.CCCOCCC.CCOCCO.COC.Oc1ccccc1. The van der Waals surface area contributed by atoms with Gasteiger partial charge in [-0.15, -0.1) is 0 Å². The summed E-state index contributed by atoms with van der Waals surface area (Å²) in [6.45, 7) is 16.3. The van der Waals surface area contributed by atoms with Gasteiger partial charge in [-0.25, -0.2) is 0 Å². The maximum atomic E-state index is 8.63. The van der Waals surface area contributed by atoms with Crippen LogP contribution in [0.2, 0.25) is 0 Å². The summed E-state index contributed by atoms with van der Waals surface area (Å²) in [6, 6.07) is 8.71. The van der Waals surface area contributed by atoms with Gasteiger partial charge in [0.1, 0.15) is 12.5 Å². The topological polar surface area (TPSA) is 157 Å². The van der Waals surface area contributed by atoms with Crippen molar-refractivity contribution in [1.29, 1.82) is 0 Å². The van der Waals surface area contributed by atoms with Gasteiger partial charge in [0, 0.05) is 40.6 Å². The van der Waals surface area contributed by atoms with Crippen LogP contribution in [0.1, 0.15) is 60.3 Å². The highest BCUT2D eigenvalue weighted by atomic mass is 16.7. The number of rotatable bonds is 13. The second kappa shape index (κ2) is 54.7. The van der Waals surface area contributed by atoms with Crippen LogP contribution >= 0.6 is 0 Å². The molecule has 0 bridgehead atoms. The minimum atomic E-state index is -0.560. The van der Waals surface area contributed by atoms with E-state index in [1.807, 2.05) is 13.0 Å². The van der Waals surface area contributed by atoms with Crippen molar-refractivity contribution in [3.8, 4) is 5.75 Å². The Morgan fingerprint density at radius 1 is 0.732 bits per heavy atom. The van der Waals surface area contributed by atoms with Crippen LogP contribution in [0.3, 0.4) is 0 Å². The fourth-order valence-corrected chi connectivity index (χ4v) is 1.74. The number of aliphatic hydroxyl groups excluding tert-OH is 4. The second-order valence-electron chi connectivity index (χ2n) is 7.93. The summed E-state index contributed by atoms with van der Waals surface area (Å²) in [6.07, 6.45) is 3.97. The molecule has 1 fully saturated rings. The van der Waals surface area contributed by atoms with Gasteiger partial charge in [0.2, 0.25) is 0 Å². The van der Waals surface area contributed by atoms with Crippen LogP contribution in [0, 0.1) is 0 Å². The third-order valence-electron chi connectivity index (χ3n) is 3.57. The van der Waals surface area contributed by atoms with Crippen molar-refractivity contribution in [1.82, 2.24) is 0 Å². The standard InChI is InChI=1S/C6H14O2.C6H6O.C6H14O.C4H10O2.C3H6O2.C3H8O2.C2H6O/c1-2-3-5-8-6-4-7;7-6-4-2-1-3-5-6;1-3-5-7-6-4-2;1-2-6-4-3-5;1-2-5-3-4-1;1-3(5)2-4;1-3-2/h7H,2-6H2,1H3;1-5,7H;3-6H2,1-2H3;5H,2-4H2,1H3;1-3H2;3-5H,2H2,1H3;1-2H3. The Bertz CT molecular complexity index is 455. The molecule has 1 atom stereocenters. The van der Waals surface area contributed by atoms with Gasteiger partial charge in [0.05, 0.1) is 52.4 Å². The van der Waals surface area contributed by atoms with Gasteiger partial charge in [0.25, 0.3) is 0 Å². The summed E-state index contributed by atoms with van der Waals surface area (Å²) in [7, 11) is 3.25. The molecule has 1 aromatic carbocycles. The maximum absolute atomic E-state index is 8.63. The normalized spacial score (nSPS) is 11.5. The summed E-state index contributed by atoms with van der Waals surface area (Å²) in [5, 5.41) is 40.9. The number of aliphatic hydroxyl groups is 4. The molecule has 1 aromatic rings. The second-order valence-corrected chi connectivity index (χ2v) is 7.93. The first-order chi connectivity index (χ1) is 19.8. The van der Waals surface area contributed by atoms with Gasteiger partial charge in [-0.1, -0.05) is 45.4 Å². The van der Waals surface area contributed by atoms with Crippen molar-refractivity contribution in [2.45, 2.75) is 66.4 Å². The van der Waals surface area contributed by atoms with Gasteiger partial charge in [-0.2, -0.15) is 0 Å². The average Bonchev–Trinajstić information content (AvgIpc) is 3.57. The molecule has 0 radical (unpaired) electrons. The van der Waals surface area contributed by atoms with Crippen molar-refractivity contribution >= 4 is 0 Å². The number of phenolic OH excluding ortho intramolecular Hbond substituents is 1. The quantitative estimate of drug-likeness (QED) is 0.211. The zero-order valence-corrected chi connectivity index (χ0v) is 27.0. The summed E-state index contributed by atoms with van der Waals surface area (Å²) in [4.78, 5) is 0. The number of hydrogen-bond acceptors (Lipinski definition) is 11. The lowest BCUT2D eigenvalue weighted by atomic mass is 10.3. The van der Waals surface area contributed by atoms with Gasteiger partial charge in [-0.3, -0.25) is 0 Å². The van der Waals surface area contributed by atoms with Gasteiger partial charge >= 0.3 is 0 Å². The fourth-order valence-electron chi connectivity index (χ4n) is 1.74. The minimum Gasteiger partial charge on any atom is -0.508 e. The highest BCUT2D eigenvalue weighted by Gasteiger charge is 1.93. The van der Waals surface area contributed by atoms with Crippen LogP contribution in [-0.4, -0.2) is 125 Å². The monoisotopic (exact) mass is 600 g/mol. The number of aromatic hydroxyl groups is 1. The van der Waals surface area contributed by atoms with E-state index >= 15 is 0 Å². The molecule has 5 N–H and O–H groups in total. The largest absolute Gasteiger partial charge is 0.508 e. The Morgan fingerprint density at radius 3 is 1.41 bits per heavy atom. The molecule has 1 heterocycles. The number of methoxy groups -OCH3 is 1. The molecule has 0 aliphatic carbocycles. The molecule has 1 saturated heterocycles. The molecular formula is C30H64O11. The first kappa shape index (κ1) is 49.3. The van der Waals surface area contributed by atoms with Crippen molar-refractivity contribution in [2.75, 3.05) is 93.7 Å². The van der Waals surface area contributed by atoms with Gasteiger partial charge < -0.3 is 54.0 Å². The van der Waals surface area contributed by atoms with E-state index in [1.54, 1.807) is 38.5 Å². The maximum Gasteiger partial charge on any atom is 0.146 e. The first-order valence-corrected chi connectivity index (χ1v) is 14.4. The van der Waals surface area contributed by atoms with Crippen molar-refractivity contribution < 1.29 is 54.0 Å². The van der Waals surface area contributed by atoms with E-state index in [0.717, 1.165) is 58.7 Å². The third kappa shape index (κ3) is 78.9. The number of hydrogen-bond donors (Lipinski definition) is 5. The van der Waals surface area contributed by atoms with E-state index in [2.05, 4.69) is 25.5 Å². The van der Waals surface area contributed by atoms with E-state index in [0.29, 0.717) is 32.4 Å². The summed E-state index contributed by atoms with van der Waals surface area (Å²) in [5.41, 5.74) is 0. The molecule has 1 unspecified atom stereocenters. The lowest BCUT2D eigenvalue weighted by Gasteiger charge is -1.97. The lowest BCUT2D eigenvalue weighted by molar-refractivity contribution is 0.0692. The predicted molar refractivity (Wildman–Crippen MR) is 164 cm³/mol. The average molecular weight is 601 g/mol. The number of ether oxygens (including phenoxy) is 6. The van der Waals surface area contributed by atoms with E-state index < -0.39 is 6.10 Å². The van der Waals surface area contributed by atoms with Gasteiger partial charge in [-0.05, 0) is 45.2 Å². The molecule has 1 aliphatic heterocycles. The molecule has 0 saturated carbocycles. The highest BCUT2D eigenvalue weighted by molar-refractivity contribution is 5.18. The Labute approximate surface area is 250 Å². The first-order valence-electron chi connectivity index (χ1n) is 14.4. The smallest absolute Gasteiger partial charge is 0.146 e. The third-order valence-corrected chi connectivity index (χ3v) is 3.57. The van der Waals surface area contributed by atoms with E-state index in [9.17, 15) is 0 Å². The minimum absolute atomic E-state index is 0.133. The lowest BCUT2D eigenvalue weighted by Crippen LogP contribution is -2.03. The summed E-state index contributed by atoms with van der Waals surface area (Å²) < 4.78 is 28.5. The zero-order chi connectivity index (χ0) is 32.2. The number of benzene rings is 1. The molecule has 0 amide bonds. The molecule has 2 rings (SSSR count). The van der Waals surface area contributed by atoms with Crippen molar-refractivity contribution in [3.05, 3.63) is 30.3 Å². The van der Waals surface area contributed by atoms with Crippen molar-refractivity contribution in [2.24, 2.45) is 0 Å². The summed E-state index contributed by atoms with van der Waals surface area (Å²) >= 11 is 0. The van der Waals surface area contributed by atoms with Crippen LogP contribution in [0.5, 0.6) is 5.75 Å². The van der Waals surface area contributed by atoms with Gasteiger partial charge in [0.15, 0.2) is 0 Å². The van der Waals surface area contributed by atoms with E-state index in [-0.39, 0.29) is 19.8 Å². The van der Waals surface area contributed by atoms with E-state index in [1.165, 1.54) is 6.92 Å². The summed E-state index contributed by atoms with van der Waals surface area (Å²) in [5.74, 6) is 0.322. The van der Waals surface area contributed by atoms with E-state index in [4.69, 9.17) is 49.2 Å². The molecular weight excluding hydrogens is 536 g/mol. The van der Waals surface area contributed by atoms with Crippen LogP contribution in [0.15, 0.2) is 30.3 Å². The van der Waals surface area contributed by atoms with Crippen LogP contribution < -0.4 is 0 Å². The molecule has 11 heteroatoms. The Morgan fingerprint density at radius 2 is 1.17 bits per heavy atom. The molecule has 1 aliphatic rings. The highest BCUT2D eigenvalue weighted by Crippen LogP contribution is 2.02. The fraction of sp³-hybridized carbons (Fsp3) is 0.800. The Balaban J connectivity index is -0.000000125. The van der Waals surface area contributed by atoms with Crippen LogP contribution in [-0.2, 0) is 28.4 Å². The van der Waals surface area contributed by atoms with Crippen molar-refractivity contribution in [3.63, 3.8) is 0 Å². The number of phenols is 1. The number of para-hydroxylation sites is 1. The zero-order valence-electron chi connectivity index (χ0n) is 27.0. The number of unbranched alkanes of at least 4 members (excludes halogenated alkanes) is 1.